The summed E-state index contributed by atoms with van der Waals surface area (Å²) in [5.41, 5.74) is 2.17. The van der Waals surface area contributed by atoms with Gasteiger partial charge in [0.05, 0.1) is 24.2 Å². The van der Waals surface area contributed by atoms with Crippen molar-refractivity contribution in [2.45, 2.75) is 0 Å². The molecule has 0 aliphatic carbocycles. The van der Waals surface area contributed by atoms with Crippen LogP contribution in [0.3, 0.4) is 0 Å². The first-order valence-corrected chi connectivity index (χ1v) is 10.2. The molecule has 0 unspecified atom stereocenters. The largest absolute Gasteiger partial charge is 0.378 e. The van der Waals surface area contributed by atoms with Gasteiger partial charge in [-0.05, 0) is 24.3 Å². The Bertz CT molecular complexity index is 1050. The third kappa shape index (κ3) is 3.76. The monoisotopic (exact) mass is 405 g/mol. The van der Waals surface area contributed by atoms with Crippen molar-refractivity contribution in [1.82, 2.24) is 24.8 Å². The van der Waals surface area contributed by atoms with Crippen LogP contribution in [0.1, 0.15) is 10.4 Å². The van der Waals surface area contributed by atoms with Gasteiger partial charge in [0, 0.05) is 63.4 Å². The molecule has 0 radical (unpaired) electrons. The van der Waals surface area contributed by atoms with Gasteiger partial charge in [-0.1, -0.05) is 0 Å². The molecule has 3 aromatic rings. The zero-order valence-electron chi connectivity index (χ0n) is 16.6. The van der Waals surface area contributed by atoms with Crippen molar-refractivity contribution in [3.05, 3.63) is 48.4 Å². The van der Waals surface area contributed by atoms with Crippen molar-refractivity contribution in [3.8, 4) is 0 Å². The van der Waals surface area contributed by atoms with Crippen LogP contribution in [-0.2, 0) is 4.74 Å². The molecule has 2 aliphatic rings. The molecule has 2 aliphatic heterocycles. The smallest absolute Gasteiger partial charge is 0.254 e. The van der Waals surface area contributed by atoms with Crippen molar-refractivity contribution < 1.29 is 9.53 Å². The Morgan fingerprint density at radius 3 is 2.37 bits per heavy atom. The summed E-state index contributed by atoms with van der Waals surface area (Å²) < 4.78 is 5.41. The van der Waals surface area contributed by atoms with Crippen molar-refractivity contribution in [2.24, 2.45) is 0 Å². The number of hydrogen-bond acceptors (Lipinski definition) is 8. The average Bonchev–Trinajstić information content (AvgIpc) is 2.84. The molecule has 0 bridgehead atoms. The van der Waals surface area contributed by atoms with E-state index >= 15 is 0 Å². The maximum Gasteiger partial charge on any atom is 0.254 e. The summed E-state index contributed by atoms with van der Waals surface area (Å²) in [4.78, 5) is 36.9. The minimum absolute atomic E-state index is 0.0268. The van der Waals surface area contributed by atoms with Crippen LogP contribution in [0.15, 0.2) is 42.9 Å². The lowest BCUT2D eigenvalue weighted by atomic mass is 10.1. The van der Waals surface area contributed by atoms with Gasteiger partial charge in [0.25, 0.3) is 5.91 Å². The zero-order chi connectivity index (χ0) is 20.3. The molecule has 0 saturated carbocycles. The molecule has 4 heterocycles. The Morgan fingerprint density at radius 1 is 0.800 bits per heavy atom. The van der Waals surface area contributed by atoms with E-state index in [-0.39, 0.29) is 5.91 Å². The first-order chi connectivity index (χ1) is 14.8. The predicted molar refractivity (Wildman–Crippen MR) is 113 cm³/mol. The number of anilines is 2. The molecular weight excluding hydrogens is 382 g/mol. The highest BCUT2D eigenvalue weighted by Crippen LogP contribution is 2.19. The van der Waals surface area contributed by atoms with Gasteiger partial charge in [0.1, 0.15) is 5.82 Å². The maximum absolute atomic E-state index is 13.0. The third-order valence-electron chi connectivity index (χ3n) is 5.53. The number of piperazine rings is 1. The molecule has 1 amide bonds. The number of rotatable bonds is 3. The van der Waals surface area contributed by atoms with Crippen LogP contribution in [0.4, 0.5) is 11.8 Å². The topological polar surface area (TPSA) is 87.6 Å². The van der Waals surface area contributed by atoms with Gasteiger partial charge < -0.3 is 19.4 Å². The van der Waals surface area contributed by atoms with Crippen LogP contribution < -0.4 is 9.80 Å². The van der Waals surface area contributed by atoms with Crippen LogP contribution >= 0.6 is 0 Å². The minimum atomic E-state index is 0.0268. The quantitative estimate of drug-likeness (QED) is 0.643. The van der Waals surface area contributed by atoms with Gasteiger partial charge in [0.15, 0.2) is 0 Å². The van der Waals surface area contributed by atoms with Gasteiger partial charge >= 0.3 is 0 Å². The Kier molecular flexibility index (Phi) is 5.10. The van der Waals surface area contributed by atoms with Gasteiger partial charge in [-0.3, -0.25) is 14.8 Å². The van der Waals surface area contributed by atoms with Crippen molar-refractivity contribution in [2.75, 3.05) is 62.3 Å². The Hall–Kier alpha value is -3.33. The van der Waals surface area contributed by atoms with Crippen LogP contribution in [-0.4, -0.2) is 83.2 Å². The zero-order valence-corrected chi connectivity index (χ0v) is 16.6. The lowest BCUT2D eigenvalue weighted by molar-refractivity contribution is 0.0746. The lowest BCUT2D eigenvalue weighted by Crippen LogP contribution is -2.49. The molecule has 1 aromatic carbocycles. The summed E-state index contributed by atoms with van der Waals surface area (Å²) in [6.07, 6.45) is 5.10. The summed E-state index contributed by atoms with van der Waals surface area (Å²) >= 11 is 0. The summed E-state index contributed by atoms with van der Waals surface area (Å²) in [7, 11) is 0. The number of carbonyl (C=O) groups excluding carboxylic acids is 1. The number of carbonyl (C=O) groups is 1. The Labute approximate surface area is 174 Å². The third-order valence-corrected chi connectivity index (χ3v) is 5.53. The van der Waals surface area contributed by atoms with E-state index in [2.05, 4.69) is 24.8 Å². The van der Waals surface area contributed by atoms with E-state index in [1.54, 1.807) is 18.6 Å². The second-order valence-corrected chi connectivity index (χ2v) is 7.35. The van der Waals surface area contributed by atoms with E-state index in [1.165, 1.54) is 0 Å². The maximum atomic E-state index is 13.0. The first-order valence-electron chi connectivity index (χ1n) is 10.2. The van der Waals surface area contributed by atoms with Gasteiger partial charge in [-0.25, -0.2) is 4.98 Å². The van der Waals surface area contributed by atoms with E-state index < -0.39 is 0 Å². The minimum Gasteiger partial charge on any atom is -0.378 e. The highest BCUT2D eigenvalue weighted by atomic mass is 16.5. The standard InChI is InChI=1S/C21H23N7O2/c29-20(16-1-2-17-18(15-16)23-6-5-22-17)27-9-7-26(8-10-27)19-3-4-24-21(25-19)28-11-13-30-14-12-28/h1-6,15H,7-14H2. The van der Waals surface area contributed by atoms with E-state index in [0.29, 0.717) is 31.9 Å². The summed E-state index contributed by atoms with van der Waals surface area (Å²) in [6, 6.07) is 7.42. The fourth-order valence-electron chi connectivity index (χ4n) is 3.85. The molecule has 9 heteroatoms. The van der Waals surface area contributed by atoms with E-state index in [1.807, 2.05) is 29.2 Å². The highest BCUT2D eigenvalue weighted by Gasteiger charge is 2.24. The predicted octanol–water partition coefficient (Wildman–Crippen LogP) is 1.22. The van der Waals surface area contributed by atoms with Gasteiger partial charge in [-0.2, -0.15) is 4.98 Å². The summed E-state index contributed by atoms with van der Waals surface area (Å²) in [6.45, 7) is 5.78. The number of nitrogens with zero attached hydrogens (tertiary/aromatic N) is 7. The van der Waals surface area contributed by atoms with Gasteiger partial charge in [-0.15, -0.1) is 0 Å². The molecule has 9 nitrogen and oxygen atoms in total. The van der Waals surface area contributed by atoms with Crippen LogP contribution in [0.25, 0.3) is 11.0 Å². The number of amides is 1. The number of fused-ring (bicyclic) bond motifs is 1. The molecule has 5 rings (SSSR count). The van der Waals surface area contributed by atoms with E-state index in [9.17, 15) is 4.79 Å². The molecular formula is C21H23N7O2. The molecule has 154 valence electrons. The molecule has 30 heavy (non-hydrogen) atoms. The van der Waals surface area contributed by atoms with Crippen LogP contribution in [0, 0.1) is 0 Å². The van der Waals surface area contributed by atoms with E-state index in [4.69, 9.17) is 9.72 Å². The number of aromatic nitrogens is 4. The second kappa shape index (κ2) is 8.19. The molecule has 0 spiro atoms. The second-order valence-electron chi connectivity index (χ2n) is 7.35. The Balaban J connectivity index is 1.25. The molecule has 2 aromatic heterocycles. The van der Waals surface area contributed by atoms with E-state index in [0.717, 1.165) is 49.0 Å². The number of morpholine rings is 1. The summed E-state index contributed by atoms with van der Waals surface area (Å²) in [5, 5.41) is 0. The van der Waals surface area contributed by atoms with Crippen LogP contribution in [0.5, 0.6) is 0 Å². The molecule has 0 N–H and O–H groups in total. The van der Waals surface area contributed by atoms with Crippen molar-refractivity contribution in [1.29, 1.82) is 0 Å². The number of benzene rings is 1. The number of hydrogen-bond donors (Lipinski definition) is 0. The van der Waals surface area contributed by atoms with Crippen LogP contribution in [0.2, 0.25) is 0 Å². The first kappa shape index (κ1) is 18.7. The highest BCUT2D eigenvalue weighted by molar-refractivity contribution is 5.97. The van der Waals surface area contributed by atoms with Gasteiger partial charge in [0.2, 0.25) is 5.95 Å². The van der Waals surface area contributed by atoms with Crippen molar-refractivity contribution in [3.63, 3.8) is 0 Å². The van der Waals surface area contributed by atoms with Crippen molar-refractivity contribution >= 4 is 28.7 Å². The molecule has 0 atom stereocenters. The SMILES string of the molecule is O=C(c1ccc2nccnc2c1)N1CCN(c2ccnc(N3CCOCC3)n2)CC1. The summed E-state index contributed by atoms with van der Waals surface area (Å²) in [5.74, 6) is 1.67. The molecule has 2 fully saturated rings. The Morgan fingerprint density at radius 2 is 1.57 bits per heavy atom. The fourth-order valence-corrected chi connectivity index (χ4v) is 3.85. The normalized spacial score (nSPS) is 17.4. The average molecular weight is 405 g/mol. The molecule has 2 saturated heterocycles. The number of ether oxygens (including phenoxy) is 1. The fraction of sp³-hybridized carbons (Fsp3) is 0.381. The lowest BCUT2D eigenvalue weighted by Gasteiger charge is -2.36.